The van der Waals surface area contributed by atoms with E-state index in [1.807, 2.05) is 31.2 Å². The number of carbonyl (C=O) groups is 1. The Morgan fingerprint density at radius 1 is 1.26 bits per heavy atom. The van der Waals surface area contributed by atoms with E-state index in [1.54, 1.807) is 6.21 Å². The summed E-state index contributed by atoms with van der Waals surface area (Å²) in [4.78, 5) is 10.8. The van der Waals surface area contributed by atoms with Crippen LogP contribution in [0.15, 0.2) is 41.5 Å². The number of para-hydroxylation sites is 1. The van der Waals surface area contributed by atoms with Crippen LogP contribution in [0.2, 0.25) is 0 Å². The highest BCUT2D eigenvalue weighted by Crippen LogP contribution is 2.19. The van der Waals surface area contributed by atoms with Gasteiger partial charge >= 0.3 is 0 Å². The van der Waals surface area contributed by atoms with Crippen molar-refractivity contribution >= 4 is 12.1 Å². The predicted octanol–water partition coefficient (Wildman–Crippen LogP) is 2.56. The summed E-state index contributed by atoms with van der Waals surface area (Å²) < 4.78 is 2.16. The van der Waals surface area contributed by atoms with Gasteiger partial charge in [-0.05, 0) is 32.0 Å². The third kappa shape index (κ3) is 2.91. The number of benzene rings is 1. The van der Waals surface area contributed by atoms with Gasteiger partial charge in [-0.15, -0.1) is 0 Å². The van der Waals surface area contributed by atoms with E-state index in [1.165, 1.54) is 6.92 Å². The molecule has 1 aromatic heterocycles. The topological polar surface area (TPSA) is 46.4 Å². The van der Waals surface area contributed by atoms with Crippen LogP contribution < -0.4 is 5.43 Å². The van der Waals surface area contributed by atoms with Crippen molar-refractivity contribution in [3.8, 4) is 5.69 Å². The Hall–Kier alpha value is -2.36. The molecule has 2 rings (SSSR count). The lowest BCUT2D eigenvalue weighted by atomic mass is 10.2. The van der Waals surface area contributed by atoms with Crippen molar-refractivity contribution in [1.29, 1.82) is 0 Å². The average molecular weight is 255 g/mol. The summed E-state index contributed by atoms with van der Waals surface area (Å²) in [6.07, 6.45) is 1.67. The minimum atomic E-state index is -0.173. The summed E-state index contributed by atoms with van der Waals surface area (Å²) in [5.41, 5.74) is 6.76. The molecule has 1 aromatic carbocycles. The third-order valence-electron chi connectivity index (χ3n) is 2.91. The maximum atomic E-state index is 10.8. The van der Waals surface area contributed by atoms with E-state index in [2.05, 4.69) is 34.2 Å². The number of carbonyl (C=O) groups excluding carboxylic acids is 1. The number of hydrogen-bond donors (Lipinski definition) is 1. The van der Waals surface area contributed by atoms with Gasteiger partial charge in [-0.25, -0.2) is 5.43 Å². The maximum Gasteiger partial charge on any atom is 0.236 e. The van der Waals surface area contributed by atoms with E-state index in [0.717, 1.165) is 22.6 Å². The molecule has 0 saturated heterocycles. The Balaban J connectivity index is 2.35. The smallest absolute Gasteiger partial charge is 0.236 e. The van der Waals surface area contributed by atoms with E-state index < -0.39 is 0 Å². The second-order valence-electron chi connectivity index (χ2n) is 4.42. The quantitative estimate of drug-likeness (QED) is 0.665. The number of hydrazone groups is 1. The lowest BCUT2D eigenvalue weighted by molar-refractivity contribution is -0.118. The molecular formula is C15H17N3O. The zero-order valence-electron chi connectivity index (χ0n) is 11.3. The van der Waals surface area contributed by atoms with E-state index >= 15 is 0 Å². The van der Waals surface area contributed by atoms with Crippen LogP contribution in [0.3, 0.4) is 0 Å². The molecule has 0 radical (unpaired) electrons. The molecule has 0 atom stereocenters. The SMILES string of the molecule is CC(=O)N/N=C\c1cc(C)n(-c2ccccc2)c1C. The number of aromatic nitrogens is 1. The van der Waals surface area contributed by atoms with Gasteiger partial charge < -0.3 is 4.57 Å². The van der Waals surface area contributed by atoms with E-state index in [0.29, 0.717) is 0 Å². The van der Waals surface area contributed by atoms with Gasteiger partial charge in [0.1, 0.15) is 0 Å². The van der Waals surface area contributed by atoms with Gasteiger partial charge in [0.2, 0.25) is 5.91 Å². The number of aryl methyl sites for hydroxylation is 1. The number of rotatable bonds is 3. The fourth-order valence-corrected chi connectivity index (χ4v) is 2.09. The highest BCUT2D eigenvalue weighted by molar-refractivity contribution is 5.83. The lowest BCUT2D eigenvalue weighted by Gasteiger charge is -2.08. The highest BCUT2D eigenvalue weighted by atomic mass is 16.2. The van der Waals surface area contributed by atoms with Gasteiger partial charge in [0, 0.05) is 29.6 Å². The van der Waals surface area contributed by atoms with Crippen LogP contribution in [-0.4, -0.2) is 16.7 Å². The molecule has 0 saturated carbocycles. The van der Waals surface area contributed by atoms with Crippen LogP contribution >= 0.6 is 0 Å². The number of hydrogen-bond acceptors (Lipinski definition) is 2. The molecule has 19 heavy (non-hydrogen) atoms. The first-order valence-electron chi connectivity index (χ1n) is 6.13. The minimum absolute atomic E-state index is 0.173. The van der Waals surface area contributed by atoms with Gasteiger partial charge in [0.15, 0.2) is 0 Å². The van der Waals surface area contributed by atoms with Crippen molar-refractivity contribution in [1.82, 2.24) is 9.99 Å². The van der Waals surface area contributed by atoms with Crippen molar-refractivity contribution in [3.05, 3.63) is 53.3 Å². The molecular weight excluding hydrogens is 238 g/mol. The van der Waals surface area contributed by atoms with Gasteiger partial charge in [0.05, 0.1) is 6.21 Å². The first-order valence-corrected chi connectivity index (χ1v) is 6.13. The normalized spacial score (nSPS) is 10.9. The van der Waals surface area contributed by atoms with Crippen molar-refractivity contribution in [2.45, 2.75) is 20.8 Å². The molecule has 0 unspecified atom stereocenters. The predicted molar refractivity (Wildman–Crippen MR) is 76.7 cm³/mol. The molecule has 4 heteroatoms. The molecule has 0 aliphatic heterocycles. The molecule has 1 N–H and O–H groups in total. The van der Waals surface area contributed by atoms with E-state index in [4.69, 9.17) is 0 Å². The second-order valence-corrected chi connectivity index (χ2v) is 4.42. The summed E-state index contributed by atoms with van der Waals surface area (Å²) in [6, 6.07) is 12.2. The molecule has 0 aliphatic rings. The largest absolute Gasteiger partial charge is 0.318 e. The zero-order valence-corrected chi connectivity index (χ0v) is 11.3. The first-order chi connectivity index (χ1) is 9.09. The van der Waals surface area contributed by atoms with E-state index in [9.17, 15) is 4.79 Å². The highest BCUT2D eigenvalue weighted by Gasteiger charge is 2.08. The fourth-order valence-electron chi connectivity index (χ4n) is 2.09. The first kappa shape index (κ1) is 13.1. The summed E-state index contributed by atoms with van der Waals surface area (Å²) >= 11 is 0. The van der Waals surface area contributed by atoms with Crippen LogP contribution in [0.1, 0.15) is 23.9 Å². The Morgan fingerprint density at radius 3 is 2.58 bits per heavy atom. The Labute approximate surface area is 112 Å². The van der Waals surface area contributed by atoms with Crippen molar-refractivity contribution in [2.24, 2.45) is 5.10 Å². The van der Waals surface area contributed by atoms with Crippen molar-refractivity contribution in [2.75, 3.05) is 0 Å². The van der Waals surface area contributed by atoms with Crippen molar-refractivity contribution < 1.29 is 4.79 Å². The minimum Gasteiger partial charge on any atom is -0.318 e. The molecule has 0 aliphatic carbocycles. The van der Waals surface area contributed by atoms with Crippen LogP contribution in [0.5, 0.6) is 0 Å². The van der Waals surface area contributed by atoms with Gasteiger partial charge in [0.25, 0.3) is 0 Å². The molecule has 0 bridgehead atoms. The molecule has 0 spiro atoms. The Kier molecular flexibility index (Phi) is 3.80. The summed E-state index contributed by atoms with van der Waals surface area (Å²) in [5, 5.41) is 3.91. The van der Waals surface area contributed by atoms with Crippen LogP contribution in [0, 0.1) is 13.8 Å². The maximum absolute atomic E-state index is 10.8. The van der Waals surface area contributed by atoms with Crippen LogP contribution in [-0.2, 0) is 4.79 Å². The second kappa shape index (κ2) is 5.52. The Bertz CT molecular complexity index is 612. The summed E-state index contributed by atoms with van der Waals surface area (Å²) in [7, 11) is 0. The number of nitrogens with zero attached hydrogens (tertiary/aromatic N) is 2. The molecule has 1 heterocycles. The molecule has 4 nitrogen and oxygen atoms in total. The van der Waals surface area contributed by atoms with Gasteiger partial charge in [-0.1, -0.05) is 18.2 Å². The fraction of sp³-hybridized carbons (Fsp3) is 0.200. The van der Waals surface area contributed by atoms with Crippen molar-refractivity contribution in [3.63, 3.8) is 0 Å². The van der Waals surface area contributed by atoms with Gasteiger partial charge in [-0.3, -0.25) is 4.79 Å². The summed E-state index contributed by atoms with van der Waals surface area (Å²) in [6.45, 7) is 5.52. The Morgan fingerprint density at radius 2 is 1.95 bits per heavy atom. The van der Waals surface area contributed by atoms with E-state index in [-0.39, 0.29) is 5.91 Å². The molecule has 98 valence electrons. The third-order valence-corrected chi connectivity index (χ3v) is 2.91. The molecule has 1 amide bonds. The number of nitrogens with one attached hydrogen (secondary N) is 1. The lowest BCUT2D eigenvalue weighted by Crippen LogP contribution is -2.12. The summed E-state index contributed by atoms with van der Waals surface area (Å²) in [5.74, 6) is -0.173. The number of amides is 1. The van der Waals surface area contributed by atoms with Gasteiger partial charge in [-0.2, -0.15) is 5.10 Å². The van der Waals surface area contributed by atoms with Crippen LogP contribution in [0.25, 0.3) is 5.69 Å². The zero-order chi connectivity index (χ0) is 13.8. The molecule has 2 aromatic rings. The monoisotopic (exact) mass is 255 g/mol. The standard InChI is InChI=1S/C15H17N3O/c1-11-9-14(10-16-17-13(3)19)12(2)18(11)15-7-5-4-6-8-15/h4-10H,1-3H3,(H,17,19)/b16-10-. The average Bonchev–Trinajstić information content (AvgIpc) is 2.65. The van der Waals surface area contributed by atoms with Crippen LogP contribution in [0.4, 0.5) is 0 Å². The molecule has 0 fully saturated rings.